The van der Waals surface area contributed by atoms with Gasteiger partial charge in [0, 0.05) is 11.9 Å². The average molecular weight is 350 g/mol. The highest BCUT2D eigenvalue weighted by Crippen LogP contribution is 2.29. The third kappa shape index (κ3) is 4.62. The number of hydrogen-bond acceptors (Lipinski definition) is 5. The van der Waals surface area contributed by atoms with E-state index in [2.05, 4.69) is 15.3 Å². The van der Waals surface area contributed by atoms with Crippen LogP contribution in [-0.2, 0) is 17.3 Å². The number of aryl methyl sites for hydroxylation is 1. The van der Waals surface area contributed by atoms with Crippen LogP contribution in [0.25, 0.3) is 0 Å². The van der Waals surface area contributed by atoms with Crippen LogP contribution in [0.3, 0.4) is 0 Å². The van der Waals surface area contributed by atoms with Crippen molar-refractivity contribution < 1.29 is 17.9 Å². The van der Waals surface area contributed by atoms with Gasteiger partial charge in [-0.05, 0) is 42.7 Å². The number of anilines is 2. The average Bonchev–Trinajstić information content (AvgIpc) is 2.99. The fourth-order valence-electron chi connectivity index (χ4n) is 2.46. The lowest BCUT2D eigenvalue weighted by Gasteiger charge is -2.10. The number of rotatable bonds is 5. The quantitative estimate of drug-likeness (QED) is 0.866. The van der Waals surface area contributed by atoms with E-state index in [-0.39, 0.29) is 12.1 Å². The Hall–Kier alpha value is -2.77. The van der Waals surface area contributed by atoms with Crippen LogP contribution in [0.4, 0.5) is 24.7 Å². The minimum Gasteiger partial charge on any atom is -0.463 e. The number of nitrogens with zero attached hydrogens (tertiary/aromatic N) is 2. The second kappa shape index (κ2) is 7.00. The Labute approximate surface area is 142 Å². The molecule has 1 aliphatic heterocycles. The topological polar surface area (TPSA) is 72.5 Å². The van der Waals surface area contributed by atoms with Crippen LogP contribution in [0, 0.1) is 0 Å². The molecule has 1 unspecified atom stereocenters. The number of amidine groups is 1. The van der Waals surface area contributed by atoms with Gasteiger partial charge in [-0.15, -0.1) is 0 Å². The Morgan fingerprint density at radius 2 is 1.92 bits per heavy atom. The second-order valence-corrected chi connectivity index (χ2v) is 5.72. The van der Waals surface area contributed by atoms with E-state index in [1.165, 1.54) is 6.07 Å². The number of nitrogens with two attached hydrogens (primary N) is 1. The Bertz CT molecular complexity index is 742. The largest absolute Gasteiger partial charge is 0.463 e. The third-order valence-electron chi connectivity index (χ3n) is 3.82. The highest BCUT2D eigenvalue weighted by molar-refractivity contribution is 5.73. The van der Waals surface area contributed by atoms with Gasteiger partial charge < -0.3 is 15.8 Å². The molecule has 0 amide bonds. The zero-order valence-corrected chi connectivity index (χ0v) is 13.3. The van der Waals surface area contributed by atoms with Gasteiger partial charge in [0.05, 0.1) is 11.6 Å². The zero-order valence-electron chi connectivity index (χ0n) is 13.3. The molecule has 0 saturated heterocycles. The van der Waals surface area contributed by atoms with E-state index in [1.807, 2.05) is 24.3 Å². The molecule has 3 N–H and O–H groups in total. The molecule has 2 aromatic rings. The summed E-state index contributed by atoms with van der Waals surface area (Å²) >= 11 is 0. The molecule has 0 fully saturated rings. The first kappa shape index (κ1) is 17.1. The molecule has 0 bridgehead atoms. The van der Waals surface area contributed by atoms with Crippen molar-refractivity contribution in [3.05, 3.63) is 53.7 Å². The predicted molar refractivity (Wildman–Crippen MR) is 88.6 cm³/mol. The van der Waals surface area contributed by atoms with Crippen LogP contribution in [0.1, 0.15) is 17.5 Å². The van der Waals surface area contributed by atoms with Crippen molar-refractivity contribution >= 4 is 17.5 Å². The van der Waals surface area contributed by atoms with Gasteiger partial charge in [-0.2, -0.15) is 13.2 Å². The van der Waals surface area contributed by atoms with E-state index in [9.17, 15) is 13.2 Å². The minimum atomic E-state index is -4.38. The van der Waals surface area contributed by atoms with Crippen molar-refractivity contribution in [3.63, 3.8) is 0 Å². The fourth-order valence-corrected chi connectivity index (χ4v) is 2.46. The molecule has 5 nitrogen and oxygen atoms in total. The van der Waals surface area contributed by atoms with Gasteiger partial charge in [0.15, 0.2) is 0 Å². The number of nitrogens with one attached hydrogen (secondary N) is 1. The number of aliphatic imine (C=N–C) groups is 1. The van der Waals surface area contributed by atoms with Crippen molar-refractivity contribution in [1.29, 1.82) is 0 Å². The maximum Gasteiger partial charge on any atom is 0.417 e. The number of aromatic nitrogens is 1. The highest BCUT2D eigenvalue weighted by Gasteiger charge is 2.30. The summed E-state index contributed by atoms with van der Waals surface area (Å²) in [5.74, 6) is 0.355. The first-order valence-electron chi connectivity index (χ1n) is 7.75. The van der Waals surface area contributed by atoms with Crippen molar-refractivity contribution in [3.8, 4) is 0 Å². The number of ether oxygens (including phenoxy) is 1. The van der Waals surface area contributed by atoms with Crippen LogP contribution >= 0.6 is 0 Å². The number of alkyl halides is 3. The summed E-state index contributed by atoms with van der Waals surface area (Å²) < 4.78 is 42.7. The zero-order chi connectivity index (χ0) is 17.9. The van der Waals surface area contributed by atoms with Gasteiger partial charge in [0.25, 0.3) is 6.02 Å². The summed E-state index contributed by atoms with van der Waals surface area (Å²) in [6.07, 6.45) is -1.89. The van der Waals surface area contributed by atoms with E-state index in [0.29, 0.717) is 12.4 Å². The lowest BCUT2D eigenvalue weighted by molar-refractivity contribution is -0.137. The summed E-state index contributed by atoms with van der Waals surface area (Å²) in [5.41, 5.74) is 6.58. The third-order valence-corrected chi connectivity index (χ3v) is 3.82. The molecule has 1 aliphatic rings. The highest BCUT2D eigenvalue weighted by atomic mass is 19.4. The predicted octanol–water partition coefficient (Wildman–Crippen LogP) is 3.49. The van der Waals surface area contributed by atoms with Gasteiger partial charge in [0.1, 0.15) is 12.4 Å². The smallest absolute Gasteiger partial charge is 0.417 e. The van der Waals surface area contributed by atoms with Crippen molar-refractivity contribution in [2.24, 2.45) is 10.7 Å². The molecule has 1 atom stereocenters. The molecule has 1 aromatic carbocycles. The van der Waals surface area contributed by atoms with Gasteiger partial charge in [0.2, 0.25) is 0 Å². The number of hydrogen-bond donors (Lipinski definition) is 2. The lowest BCUT2D eigenvalue weighted by atomic mass is 10.1. The van der Waals surface area contributed by atoms with Crippen LogP contribution in [0.2, 0.25) is 0 Å². The Kier molecular flexibility index (Phi) is 4.78. The van der Waals surface area contributed by atoms with Crippen LogP contribution in [0.15, 0.2) is 47.6 Å². The first-order valence-corrected chi connectivity index (χ1v) is 7.75. The molecule has 8 heteroatoms. The van der Waals surface area contributed by atoms with Gasteiger partial charge in [-0.3, -0.25) is 0 Å². The molecule has 0 saturated carbocycles. The number of halogens is 3. The van der Waals surface area contributed by atoms with Crippen molar-refractivity contribution in [2.45, 2.75) is 25.1 Å². The molecule has 0 spiro atoms. The fraction of sp³-hybridized carbons (Fsp3) is 0.294. The van der Waals surface area contributed by atoms with Crippen molar-refractivity contribution in [2.75, 3.05) is 11.9 Å². The van der Waals surface area contributed by atoms with E-state index < -0.39 is 11.7 Å². The summed E-state index contributed by atoms with van der Waals surface area (Å²) in [6.45, 7) is 0.519. The van der Waals surface area contributed by atoms with E-state index >= 15 is 0 Å². The number of benzene rings is 1. The van der Waals surface area contributed by atoms with E-state index in [1.54, 1.807) is 0 Å². The molecule has 3 rings (SSSR count). The lowest BCUT2D eigenvalue weighted by Crippen LogP contribution is -2.10. The van der Waals surface area contributed by atoms with Gasteiger partial charge in [-0.1, -0.05) is 12.1 Å². The molecule has 2 heterocycles. The summed E-state index contributed by atoms with van der Waals surface area (Å²) in [5, 5.41) is 2.98. The van der Waals surface area contributed by atoms with Crippen molar-refractivity contribution in [1.82, 2.24) is 4.98 Å². The monoisotopic (exact) mass is 350 g/mol. The summed E-state index contributed by atoms with van der Waals surface area (Å²) in [6, 6.07) is 10.3. The van der Waals surface area contributed by atoms with E-state index in [0.717, 1.165) is 36.4 Å². The van der Waals surface area contributed by atoms with E-state index in [4.69, 9.17) is 10.5 Å². The Morgan fingerprint density at radius 3 is 2.48 bits per heavy atom. The SMILES string of the molecule is NC1=NC(CCc2ccc(Nc3ccc(C(F)(F)F)cn3)cc2)CO1. The molecular formula is C17H17F3N4O. The maximum atomic E-state index is 12.5. The van der Waals surface area contributed by atoms with Crippen LogP contribution in [-0.4, -0.2) is 23.7 Å². The Balaban J connectivity index is 1.55. The second-order valence-electron chi connectivity index (χ2n) is 5.72. The van der Waals surface area contributed by atoms with Gasteiger partial charge in [-0.25, -0.2) is 9.98 Å². The van der Waals surface area contributed by atoms with Crippen LogP contribution in [0.5, 0.6) is 0 Å². The molecule has 25 heavy (non-hydrogen) atoms. The maximum absolute atomic E-state index is 12.5. The van der Waals surface area contributed by atoms with Gasteiger partial charge >= 0.3 is 6.18 Å². The first-order chi connectivity index (χ1) is 11.9. The Morgan fingerprint density at radius 1 is 1.16 bits per heavy atom. The minimum absolute atomic E-state index is 0.0918. The summed E-state index contributed by atoms with van der Waals surface area (Å²) in [4.78, 5) is 7.96. The molecule has 132 valence electrons. The summed E-state index contributed by atoms with van der Waals surface area (Å²) in [7, 11) is 0. The molecular weight excluding hydrogens is 333 g/mol. The van der Waals surface area contributed by atoms with Crippen LogP contribution < -0.4 is 11.1 Å². The normalized spacial score (nSPS) is 17.1. The molecule has 0 radical (unpaired) electrons. The molecule has 1 aromatic heterocycles. The molecule has 0 aliphatic carbocycles. The number of pyridine rings is 1. The standard InChI is InChI=1S/C17H17F3N4O/c18-17(19,20)12-4-8-15(22-9-12)23-13-5-1-11(2-6-13)3-7-14-10-25-16(21)24-14/h1-2,4-6,8-9,14H,3,7,10H2,(H2,21,24)(H,22,23).